The minimum absolute atomic E-state index is 0. The number of aromatic amines is 1. The van der Waals surface area contributed by atoms with Crippen LogP contribution in [0.15, 0.2) is 42.7 Å². The molecule has 2 heterocycles. The Hall–Kier alpha value is -1.85. The Kier molecular flexibility index (Phi) is 4.11. The molecule has 0 aliphatic heterocycles. The molecule has 102 valence electrons. The highest BCUT2D eigenvalue weighted by Gasteiger charge is 2.12. The van der Waals surface area contributed by atoms with Crippen molar-refractivity contribution in [2.45, 2.75) is 0 Å². The van der Waals surface area contributed by atoms with E-state index < -0.39 is 5.97 Å². The van der Waals surface area contributed by atoms with Crippen LogP contribution in [0.25, 0.3) is 22.2 Å². The van der Waals surface area contributed by atoms with Crippen LogP contribution in [0.5, 0.6) is 0 Å². The van der Waals surface area contributed by atoms with Gasteiger partial charge >= 0.3 is 5.97 Å². The second-order valence-corrected chi connectivity index (χ2v) is 4.57. The van der Waals surface area contributed by atoms with E-state index in [1.165, 1.54) is 6.20 Å². The van der Waals surface area contributed by atoms with Crippen LogP contribution in [0.4, 0.5) is 0 Å². The number of nitrogens with zero attached hydrogens (tertiary/aromatic N) is 1. The van der Waals surface area contributed by atoms with Gasteiger partial charge in [0.25, 0.3) is 0 Å². The van der Waals surface area contributed by atoms with Crippen molar-refractivity contribution in [3.8, 4) is 11.1 Å². The van der Waals surface area contributed by atoms with E-state index in [4.69, 9.17) is 16.7 Å². The number of H-pyrrole nitrogens is 1. The maximum atomic E-state index is 11.1. The fourth-order valence-corrected chi connectivity index (χ4v) is 2.11. The van der Waals surface area contributed by atoms with Gasteiger partial charge in [0.2, 0.25) is 0 Å². The quantitative estimate of drug-likeness (QED) is 0.727. The Balaban J connectivity index is 0.00000147. The monoisotopic (exact) mass is 352 g/mol. The van der Waals surface area contributed by atoms with Gasteiger partial charge in [0.05, 0.1) is 5.56 Å². The molecule has 0 saturated heterocycles. The summed E-state index contributed by atoms with van der Waals surface area (Å²) in [7, 11) is 0. The van der Waals surface area contributed by atoms with E-state index in [1.54, 1.807) is 18.3 Å². The molecule has 1 aromatic carbocycles. The molecule has 2 aromatic heterocycles. The van der Waals surface area contributed by atoms with Gasteiger partial charge in [-0.15, -0.1) is 17.0 Å². The molecule has 0 aliphatic rings. The maximum absolute atomic E-state index is 11.1. The van der Waals surface area contributed by atoms with Crippen LogP contribution in [0.1, 0.15) is 10.4 Å². The Morgan fingerprint density at radius 2 is 1.90 bits per heavy atom. The van der Waals surface area contributed by atoms with Gasteiger partial charge < -0.3 is 10.1 Å². The van der Waals surface area contributed by atoms with Crippen LogP contribution in [-0.4, -0.2) is 21.0 Å². The Labute approximate surface area is 130 Å². The zero-order valence-electron chi connectivity index (χ0n) is 10.1. The van der Waals surface area contributed by atoms with Crippen LogP contribution in [0.3, 0.4) is 0 Å². The average molecular weight is 354 g/mol. The molecular formula is C14H10BrClN2O2. The van der Waals surface area contributed by atoms with Gasteiger partial charge in [-0.25, -0.2) is 9.78 Å². The van der Waals surface area contributed by atoms with E-state index in [-0.39, 0.29) is 22.5 Å². The van der Waals surface area contributed by atoms with Crippen LogP contribution in [-0.2, 0) is 0 Å². The fourth-order valence-electron chi connectivity index (χ4n) is 1.98. The van der Waals surface area contributed by atoms with Gasteiger partial charge in [-0.2, -0.15) is 0 Å². The number of pyridine rings is 1. The number of carboxylic acids is 1. The molecule has 0 radical (unpaired) electrons. The summed E-state index contributed by atoms with van der Waals surface area (Å²) in [5, 5.41) is 10.4. The van der Waals surface area contributed by atoms with Crippen LogP contribution >= 0.6 is 28.6 Å². The zero-order chi connectivity index (χ0) is 13.4. The third-order valence-corrected chi connectivity index (χ3v) is 3.19. The number of benzene rings is 1. The van der Waals surface area contributed by atoms with Crippen molar-refractivity contribution in [3.63, 3.8) is 0 Å². The molecule has 0 atom stereocenters. The van der Waals surface area contributed by atoms with Crippen molar-refractivity contribution in [1.82, 2.24) is 9.97 Å². The van der Waals surface area contributed by atoms with Gasteiger partial charge in [0.1, 0.15) is 5.65 Å². The van der Waals surface area contributed by atoms with Crippen molar-refractivity contribution >= 4 is 45.6 Å². The number of carbonyl (C=O) groups is 1. The number of halogens is 2. The molecule has 0 unspecified atom stereocenters. The SMILES string of the molecule is Br.O=C(O)c1c[nH]c2ncc(-c3ccc(Cl)cc3)cc12. The average Bonchev–Trinajstić information content (AvgIpc) is 2.82. The lowest BCUT2D eigenvalue weighted by Gasteiger charge is -2.02. The predicted octanol–water partition coefficient (Wildman–Crippen LogP) is 4.16. The first-order chi connectivity index (χ1) is 9.15. The maximum Gasteiger partial charge on any atom is 0.337 e. The first kappa shape index (κ1) is 14.6. The van der Waals surface area contributed by atoms with Gasteiger partial charge in [0, 0.05) is 28.4 Å². The number of carboxylic acid groups (broad SMARTS) is 1. The molecule has 0 fully saturated rings. The molecule has 6 heteroatoms. The number of hydrogen-bond acceptors (Lipinski definition) is 2. The van der Waals surface area contributed by atoms with Crippen molar-refractivity contribution in [1.29, 1.82) is 0 Å². The van der Waals surface area contributed by atoms with Crippen LogP contribution in [0.2, 0.25) is 5.02 Å². The van der Waals surface area contributed by atoms with Gasteiger partial charge in [0.15, 0.2) is 0 Å². The molecule has 0 saturated carbocycles. The van der Waals surface area contributed by atoms with Crippen LogP contribution < -0.4 is 0 Å². The first-order valence-electron chi connectivity index (χ1n) is 5.61. The summed E-state index contributed by atoms with van der Waals surface area (Å²) in [5.74, 6) is -0.971. The third kappa shape index (κ3) is 2.55. The fraction of sp³-hybridized carbons (Fsp3) is 0. The van der Waals surface area contributed by atoms with E-state index in [9.17, 15) is 4.79 Å². The van der Waals surface area contributed by atoms with Gasteiger partial charge in [-0.3, -0.25) is 0 Å². The molecule has 2 N–H and O–H groups in total. The first-order valence-corrected chi connectivity index (χ1v) is 5.99. The number of aromatic nitrogens is 2. The van der Waals surface area contributed by atoms with Crippen LogP contribution in [0, 0.1) is 0 Å². The Morgan fingerprint density at radius 1 is 1.20 bits per heavy atom. The molecule has 4 nitrogen and oxygen atoms in total. The lowest BCUT2D eigenvalue weighted by Crippen LogP contribution is -1.94. The molecule has 3 aromatic rings. The Morgan fingerprint density at radius 3 is 2.55 bits per heavy atom. The zero-order valence-corrected chi connectivity index (χ0v) is 12.6. The van der Waals surface area contributed by atoms with Crippen molar-refractivity contribution in [2.24, 2.45) is 0 Å². The second kappa shape index (κ2) is 5.64. The lowest BCUT2D eigenvalue weighted by atomic mass is 10.1. The van der Waals surface area contributed by atoms with E-state index in [1.807, 2.05) is 18.2 Å². The summed E-state index contributed by atoms with van der Waals surface area (Å²) in [6, 6.07) is 9.13. The highest BCUT2D eigenvalue weighted by atomic mass is 79.9. The molecule has 0 amide bonds. The van der Waals surface area contributed by atoms with Gasteiger partial charge in [-0.05, 0) is 23.8 Å². The summed E-state index contributed by atoms with van der Waals surface area (Å²) >= 11 is 5.85. The molecule has 0 spiro atoms. The van der Waals surface area contributed by atoms with Gasteiger partial charge in [-0.1, -0.05) is 23.7 Å². The van der Waals surface area contributed by atoms with E-state index in [0.29, 0.717) is 16.1 Å². The minimum atomic E-state index is -0.971. The van der Waals surface area contributed by atoms with E-state index >= 15 is 0 Å². The third-order valence-electron chi connectivity index (χ3n) is 2.94. The highest BCUT2D eigenvalue weighted by molar-refractivity contribution is 8.93. The second-order valence-electron chi connectivity index (χ2n) is 4.13. The number of hydrogen-bond donors (Lipinski definition) is 2. The van der Waals surface area contributed by atoms with Crippen molar-refractivity contribution in [3.05, 3.63) is 53.3 Å². The minimum Gasteiger partial charge on any atom is -0.478 e. The number of aromatic carboxylic acids is 1. The molecule has 0 aliphatic carbocycles. The number of rotatable bonds is 2. The molecule has 0 bridgehead atoms. The van der Waals surface area contributed by atoms with E-state index in [2.05, 4.69) is 9.97 Å². The summed E-state index contributed by atoms with van der Waals surface area (Å²) < 4.78 is 0. The largest absolute Gasteiger partial charge is 0.478 e. The Bertz CT molecular complexity index is 768. The smallest absolute Gasteiger partial charge is 0.337 e. The standard InChI is InChI=1S/C14H9ClN2O2.BrH/c15-10-3-1-8(2-4-10)9-5-11-12(14(18)19)7-17-13(11)16-6-9;/h1-7H,(H,16,17)(H,18,19);1H. The molecule has 20 heavy (non-hydrogen) atoms. The topological polar surface area (TPSA) is 66.0 Å². The lowest BCUT2D eigenvalue weighted by molar-refractivity contribution is 0.0699. The summed E-state index contributed by atoms with van der Waals surface area (Å²) in [6.07, 6.45) is 3.15. The summed E-state index contributed by atoms with van der Waals surface area (Å²) in [6.45, 7) is 0. The molecular weight excluding hydrogens is 344 g/mol. The number of fused-ring (bicyclic) bond motifs is 1. The van der Waals surface area contributed by atoms with Crippen molar-refractivity contribution < 1.29 is 9.90 Å². The van der Waals surface area contributed by atoms with E-state index in [0.717, 1.165) is 11.1 Å². The summed E-state index contributed by atoms with van der Waals surface area (Å²) in [4.78, 5) is 18.2. The summed E-state index contributed by atoms with van der Waals surface area (Å²) in [5.41, 5.74) is 2.58. The molecule has 3 rings (SSSR count). The predicted molar refractivity (Wildman–Crippen MR) is 83.8 cm³/mol. The number of nitrogens with one attached hydrogen (secondary N) is 1. The normalized spacial score (nSPS) is 10.2. The van der Waals surface area contributed by atoms with Crippen molar-refractivity contribution in [2.75, 3.05) is 0 Å². The highest BCUT2D eigenvalue weighted by Crippen LogP contribution is 2.25.